The number of ether oxygens (including phenoxy) is 1. The van der Waals surface area contributed by atoms with E-state index in [0.29, 0.717) is 16.6 Å². The van der Waals surface area contributed by atoms with Gasteiger partial charge in [0.2, 0.25) is 0 Å². The van der Waals surface area contributed by atoms with Crippen LogP contribution in [0, 0.1) is 5.82 Å². The molecule has 1 heterocycles. The Balaban J connectivity index is 2.10. The molecule has 6 heteroatoms. The fourth-order valence-corrected chi connectivity index (χ4v) is 1.96. The SMILES string of the molecule is CC(N)Cc1cnc(Oc2ccc(F)cc2Br)nc1. The summed E-state index contributed by atoms with van der Waals surface area (Å²) < 4.78 is 18.9. The standard InChI is InChI=1S/C13H13BrFN3O/c1-8(16)4-9-6-17-13(18-7-9)19-12-3-2-10(15)5-11(12)14/h2-3,5-8H,4,16H2,1H3. The van der Waals surface area contributed by atoms with Gasteiger partial charge in [-0.05, 0) is 53.0 Å². The Labute approximate surface area is 119 Å². The van der Waals surface area contributed by atoms with Gasteiger partial charge in [-0.1, -0.05) is 0 Å². The summed E-state index contributed by atoms with van der Waals surface area (Å²) >= 11 is 3.21. The molecule has 0 saturated heterocycles. The molecule has 19 heavy (non-hydrogen) atoms. The van der Waals surface area contributed by atoms with Crippen LogP contribution in [0.25, 0.3) is 0 Å². The average Bonchev–Trinajstić information content (AvgIpc) is 2.34. The number of hydrogen-bond acceptors (Lipinski definition) is 4. The van der Waals surface area contributed by atoms with Gasteiger partial charge in [-0.15, -0.1) is 0 Å². The highest BCUT2D eigenvalue weighted by molar-refractivity contribution is 9.10. The summed E-state index contributed by atoms with van der Waals surface area (Å²) in [5, 5.41) is 0. The van der Waals surface area contributed by atoms with Crippen molar-refractivity contribution in [3.63, 3.8) is 0 Å². The average molecular weight is 326 g/mol. The van der Waals surface area contributed by atoms with E-state index in [0.717, 1.165) is 5.56 Å². The summed E-state index contributed by atoms with van der Waals surface area (Å²) in [5.41, 5.74) is 6.64. The second-order valence-corrected chi connectivity index (χ2v) is 5.09. The van der Waals surface area contributed by atoms with Crippen molar-refractivity contribution in [2.75, 3.05) is 0 Å². The maximum atomic E-state index is 12.9. The largest absolute Gasteiger partial charge is 0.423 e. The maximum Gasteiger partial charge on any atom is 0.321 e. The molecule has 2 rings (SSSR count). The molecular formula is C13H13BrFN3O. The zero-order valence-corrected chi connectivity index (χ0v) is 11.9. The first kappa shape index (κ1) is 13.9. The summed E-state index contributed by atoms with van der Waals surface area (Å²) in [5.74, 6) is 0.119. The Kier molecular flexibility index (Phi) is 4.44. The van der Waals surface area contributed by atoms with E-state index in [2.05, 4.69) is 25.9 Å². The van der Waals surface area contributed by atoms with Crippen LogP contribution in [0.15, 0.2) is 35.1 Å². The smallest absolute Gasteiger partial charge is 0.321 e. The van der Waals surface area contributed by atoms with E-state index in [9.17, 15) is 4.39 Å². The number of aromatic nitrogens is 2. The van der Waals surface area contributed by atoms with E-state index >= 15 is 0 Å². The zero-order chi connectivity index (χ0) is 13.8. The molecule has 0 aliphatic rings. The summed E-state index contributed by atoms with van der Waals surface area (Å²) in [6.45, 7) is 1.92. The molecule has 1 aromatic heterocycles. The first-order valence-corrected chi connectivity index (χ1v) is 6.53. The van der Waals surface area contributed by atoms with Crippen LogP contribution >= 0.6 is 15.9 Å². The van der Waals surface area contributed by atoms with Crippen molar-refractivity contribution in [2.45, 2.75) is 19.4 Å². The minimum absolute atomic E-state index is 0.0570. The minimum atomic E-state index is -0.340. The second-order valence-electron chi connectivity index (χ2n) is 4.23. The van der Waals surface area contributed by atoms with Crippen LogP contribution in [0.2, 0.25) is 0 Å². The number of nitrogens with two attached hydrogens (primary N) is 1. The Hall–Kier alpha value is -1.53. The first-order chi connectivity index (χ1) is 9.04. The van der Waals surface area contributed by atoms with Crippen molar-refractivity contribution >= 4 is 15.9 Å². The molecule has 0 amide bonds. The van der Waals surface area contributed by atoms with Gasteiger partial charge in [0.1, 0.15) is 11.6 Å². The van der Waals surface area contributed by atoms with Crippen LogP contribution in [0.5, 0.6) is 11.8 Å². The lowest BCUT2D eigenvalue weighted by molar-refractivity contribution is 0.436. The molecule has 100 valence electrons. The van der Waals surface area contributed by atoms with Crippen molar-refractivity contribution in [3.8, 4) is 11.8 Å². The van der Waals surface area contributed by atoms with E-state index in [-0.39, 0.29) is 17.9 Å². The van der Waals surface area contributed by atoms with Gasteiger partial charge in [-0.25, -0.2) is 14.4 Å². The fourth-order valence-electron chi connectivity index (χ4n) is 1.53. The Morgan fingerprint density at radius 2 is 2.05 bits per heavy atom. The van der Waals surface area contributed by atoms with Crippen LogP contribution in [0.1, 0.15) is 12.5 Å². The number of rotatable bonds is 4. The molecule has 4 nitrogen and oxygen atoms in total. The molecule has 0 saturated carbocycles. The van der Waals surface area contributed by atoms with Gasteiger partial charge in [-0.3, -0.25) is 0 Å². The second kappa shape index (κ2) is 6.08. The van der Waals surface area contributed by atoms with E-state index in [4.69, 9.17) is 10.5 Å². The van der Waals surface area contributed by atoms with E-state index in [1.165, 1.54) is 18.2 Å². The van der Waals surface area contributed by atoms with Crippen molar-refractivity contribution in [2.24, 2.45) is 5.73 Å². The third kappa shape index (κ3) is 3.97. The molecule has 0 aliphatic heterocycles. The summed E-state index contributed by atoms with van der Waals surface area (Å²) in [6.07, 6.45) is 4.05. The summed E-state index contributed by atoms with van der Waals surface area (Å²) in [7, 11) is 0. The molecule has 1 unspecified atom stereocenters. The summed E-state index contributed by atoms with van der Waals surface area (Å²) in [4.78, 5) is 8.17. The molecule has 0 fully saturated rings. The van der Waals surface area contributed by atoms with Crippen molar-refractivity contribution in [1.29, 1.82) is 0 Å². The van der Waals surface area contributed by atoms with Crippen LogP contribution in [-0.2, 0) is 6.42 Å². The van der Waals surface area contributed by atoms with Gasteiger partial charge < -0.3 is 10.5 Å². The highest BCUT2D eigenvalue weighted by atomic mass is 79.9. The van der Waals surface area contributed by atoms with Crippen LogP contribution in [0.4, 0.5) is 4.39 Å². The van der Waals surface area contributed by atoms with Crippen LogP contribution in [0.3, 0.4) is 0 Å². The van der Waals surface area contributed by atoms with E-state index < -0.39 is 0 Å². The lowest BCUT2D eigenvalue weighted by atomic mass is 10.1. The van der Waals surface area contributed by atoms with Gasteiger partial charge in [0, 0.05) is 18.4 Å². The third-order valence-electron chi connectivity index (χ3n) is 2.33. The van der Waals surface area contributed by atoms with Crippen LogP contribution < -0.4 is 10.5 Å². The molecule has 0 aliphatic carbocycles. The number of benzene rings is 1. The third-order valence-corrected chi connectivity index (χ3v) is 2.95. The predicted octanol–water partition coefficient (Wildman–Crippen LogP) is 3.06. The molecule has 0 bridgehead atoms. The van der Waals surface area contributed by atoms with Gasteiger partial charge >= 0.3 is 6.01 Å². The lowest BCUT2D eigenvalue weighted by Gasteiger charge is -2.07. The monoisotopic (exact) mass is 325 g/mol. The highest BCUT2D eigenvalue weighted by Crippen LogP contribution is 2.28. The first-order valence-electron chi connectivity index (χ1n) is 5.74. The maximum absolute atomic E-state index is 12.9. The summed E-state index contributed by atoms with van der Waals surface area (Å²) in [6, 6.07) is 4.41. The fraction of sp³-hybridized carbons (Fsp3) is 0.231. The highest BCUT2D eigenvalue weighted by Gasteiger charge is 2.06. The van der Waals surface area contributed by atoms with Gasteiger partial charge in [-0.2, -0.15) is 0 Å². The van der Waals surface area contributed by atoms with Crippen molar-refractivity contribution in [3.05, 3.63) is 46.4 Å². The Morgan fingerprint density at radius 1 is 1.37 bits per heavy atom. The lowest BCUT2D eigenvalue weighted by Crippen LogP contribution is -2.17. The van der Waals surface area contributed by atoms with Crippen LogP contribution in [-0.4, -0.2) is 16.0 Å². The zero-order valence-electron chi connectivity index (χ0n) is 10.3. The molecular weight excluding hydrogens is 313 g/mol. The molecule has 2 aromatic rings. The van der Waals surface area contributed by atoms with Gasteiger partial charge in [0.15, 0.2) is 0 Å². The van der Waals surface area contributed by atoms with Gasteiger partial charge in [0.25, 0.3) is 0 Å². The number of nitrogens with zero attached hydrogens (tertiary/aromatic N) is 2. The Morgan fingerprint density at radius 3 is 2.63 bits per heavy atom. The Bertz CT molecular complexity index is 560. The quantitative estimate of drug-likeness (QED) is 0.938. The minimum Gasteiger partial charge on any atom is -0.423 e. The topological polar surface area (TPSA) is 61.0 Å². The number of hydrogen-bond donors (Lipinski definition) is 1. The van der Waals surface area contributed by atoms with E-state index in [1.54, 1.807) is 12.4 Å². The molecule has 0 spiro atoms. The predicted molar refractivity (Wildman–Crippen MR) is 73.6 cm³/mol. The van der Waals surface area contributed by atoms with E-state index in [1.807, 2.05) is 6.92 Å². The molecule has 2 N–H and O–H groups in total. The molecule has 1 atom stereocenters. The molecule has 0 radical (unpaired) electrons. The van der Waals surface area contributed by atoms with Gasteiger partial charge in [0.05, 0.1) is 4.47 Å². The normalized spacial score (nSPS) is 12.2. The van der Waals surface area contributed by atoms with Crippen molar-refractivity contribution in [1.82, 2.24) is 9.97 Å². The number of halogens is 2. The molecule has 1 aromatic carbocycles. The van der Waals surface area contributed by atoms with Crippen molar-refractivity contribution < 1.29 is 9.13 Å².